The lowest BCUT2D eigenvalue weighted by Gasteiger charge is -2.25. The fourth-order valence-corrected chi connectivity index (χ4v) is 2.71. The Balaban J connectivity index is 3.23. The number of benzene rings is 1. The molecule has 0 aromatic heterocycles. The first-order valence-electron chi connectivity index (χ1n) is 5.35. The zero-order valence-electron chi connectivity index (χ0n) is 10.4. The van der Waals surface area contributed by atoms with E-state index in [1.165, 1.54) is 6.92 Å². The molecule has 0 atom stereocenters. The fraction of sp³-hybridized carbons (Fsp3) is 0.400. The number of nitro groups is 1. The molecule has 3 N–H and O–H groups in total. The van der Waals surface area contributed by atoms with Gasteiger partial charge in [-0.1, -0.05) is 0 Å². The highest BCUT2D eigenvalue weighted by Gasteiger charge is 2.31. The summed E-state index contributed by atoms with van der Waals surface area (Å²) in [6, 6.07) is 2.06. The second-order valence-corrected chi connectivity index (χ2v) is 6.04. The Bertz CT molecular complexity index is 614. The van der Waals surface area contributed by atoms with Crippen molar-refractivity contribution in [2.24, 2.45) is 0 Å². The van der Waals surface area contributed by atoms with E-state index in [0.29, 0.717) is 12.1 Å². The summed E-state index contributed by atoms with van der Waals surface area (Å²) in [6.45, 7) is -0.138. The third kappa shape index (κ3) is 3.48. The van der Waals surface area contributed by atoms with Gasteiger partial charge in [0.1, 0.15) is 0 Å². The van der Waals surface area contributed by atoms with Gasteiger partial charge in [0.15, 0.2) is 0 Å². The van der Waals surface area contributed by atoms with Gasteiger partial charge in [0.05, 0.1) is 28.6 Å². The van der Waals surface area contributed by atoms with Crippen molar-refractivity contribution in [1.29, 1.82) is 0 Å². The van der Waals surface area contributed by atoms with E-state index < -0.39 is 50.1 Å². The number of aliphatic hydroxyl groups is 2. The van der Waals surface area contributed by atoms with E-state index >= 15 is 0 Å². The van der Waals surface area contributed by atoms with Crippen LogP contribution in [0.5, 0.6) is 0 Å². The first-order chi connectivity index (χ1) is 9.15. The number of nitrogens with one attached hydrogen (secondary N) is 1. The molecule has 8 nitrogen and oxygen atoms in total. The van der Waals surface area contributed by atoms with E-state index in [0.717, 1.165) is 6.07 Å². The van der Waals surface area contributed by atoms with Crippen LogP contribution in [0.2, 0.25) is 0 Å². The highest BCUT2D eigenvalue weighted by molar-refractivity contribution is 7.89. The molecule has 0 aliphatic heterocycles. The van der Waals surface area contributed by atoms with Crippen LogP contribution in [0.25, 0.3) is 0 Å². The Morgan fingerprint density at radius 2 is 1.95 bits per heavy atom. The molecule has 0 aliphatic carbocycles. The molecule has 10 heteroatoms. The SMILES string of the molecule is CC(CO)(CO)NS(=O)(=O)c1ccc(F)c([N+](=O)[O-])c1. The Hall–Kier alpha value is -1.62. The van der Waals surface area contributed by atoms with Gasteiger partial charge in [-0.2, -0.15) is 4.39 Å². The third-order valence-corrected chi connectivity index (χ3v) is 4.14. The molecule has 0 unspecified atom stereocenters. The molecule has 0 spiro atoms. The molecule has 20 heavy (non-hydrogen) atoms. The molecule has 1 aromatic rings. The fourth-order valence-electron chi connectivity index (χ4n) is 1.30. The second-order valence-electron chi connectivity index (χ2n) is 4.35. The Morgan fingerprint density at radius 3 is 2.40 bits per heavy atom. The average Bonchev–Trinajstić information content (AvgIpc) is 2.38. The number of sulfonamides is 1. The van der Waals surface area contributed by atoms with Crippen LogP contribution in [0.1, 0.15) is 6.92 Å². The summed E-state index contributed by atoms with van der Waals surface area (Å²) in [7, 11) is -4.26. The van der Waals surface area contributed by atoms with Gasteiger partial charge in [-0.25, -0.2) is 13.1 Å². The molecule has 112 valence electrons. The molecular formula is C10H13FN2O6S. The van der Waals surface area contributed by atoms with E-state index in [-0.39, 0.29) is 0 Å². The molecule has 0 fully saturated rings. The number of hydrogen-bond acceptors (Lipinski definition) is 6. The van der Waals surface area contributed by atoms with Crippen LogP contribution >= 0.6 is 0 Å². The number of halogens is 1. The molecule has 0 amide bonds. The smallest absolute Gasteiger partial charge is 0.306 e. The second kappa shape index (κ2) is 5.79. The highest BCUT2D eigenvalue weighted by Crippen LogP contribution is 2.22. The van der Waals surface area contributed by atoms with E-state index in [4.69, 9.17) is 10.2 Å². The van der Waals surface area contributed by atoms with Crippen LogP contribution in [0, 0.1) is 15.9 Å². The van der Waals surface area contributed by atoms with Crippen LogP contribution in [0.3, 0.4) is 0 Å². The van der Waals surface area contributed by atoms with E-state index in [2.05, 4.69) is 0 Å². The van der Waals surface area contributed by atoms with Gasteiger partial charge in [-0.05, 0) is 19.1 Å². The zero-order valence-corrected chi connectivity index (χ0v) is 11.2. The number of rotatable bonds is 6. The summed E-state index contributed by atoms with van der Waals surface area (Å²) < 4.78 is 39.1. The minimum absolute atomic E-state index is 0.543. The largest absolute Gasteiger partial charge is 0.394 e. The quantitative estimate of drug-likeness (QED) is 0.491. The van der Waals surface area contributed by atoms with Crippen molar-refractivity contribution in [2.45, 2.75) is 17.4 Å². The van der Waals surface area contributed by atoms with Crippen molar-refractivity contribution in [3.8, 4) is 0 Å². The van der Waals surface area contributed by atoms with Crippen molar-refractivity contribution in [1.82, 2.24) is 4.72 Å². The maximum Gasteiger partial charge on any atom is 0.306 e. The number of hydrogen-bond donors (Lipinski definition) is 3. The topological polar surface area (TPSA) is 130 Å². The first-order valence-corrected chi connectivity index (χ1v) is 6.83. The van der Waals surface area contributed by atoms with Crippen LogP contribution in [-0.4, -0.2) is 42.3 Å². The summed E-state index contributed by atoms with van der Waals surface area (Å²) in [5, 5.41) is 28.6. The lowest BCUT2D eigenvalue weighted by atomic mass is 10.1. The van der Waals surface area contributed by atoms with Gasteiger partial charge >= 0.3 is 5.69 Å². The van der Waals surface area contributed by atoms with Crippen molar-refractivity contribution >= 4 is 15.7 Å². The monoisotopic (exact) mass is 308 g/mol. The van der Waals surface area contributed by atoms with Crippen LogP contribution in [-0.2, 0) is 10.0 Å². The third-order valence-electron chi connectivity index (χ3n) is 2.50. The maximum absolute atomic E-state index is 13.1. The summed E-state index contributed by atoms with van der Waals surface area (Å²) >= 11 is 0. The van der Waals surface area contributed by atoms with Gasteiger partial charge in [0.2, 0.25) is 15.8 Å². The molecular weight excluding hydrogens is 295 g/mol. The normalized spacial score (nSPS) is 12.4. The summed E-state index contributed by atoms with van der Waals surface area (Å²) in [5.74, 6) is -1.17. The average molecular weight is 308 g/mol. The van der Waals surface area contributed by atoms with E-state index in [1.54, 1.807) is 0 Å². The van der Waals surface area contributed by atoms with Gasteiger partial charge in [-0.15, -0.1) is 0 Å². The lowest BCUT2D eigenvalue weighted by molar-refractivity contribution is -0.387. The van der Waals surface area contributed by atoms with Gasteiger partial charge in [0, 0.05) is 6.07 Å². The summed E-state index contributed by atoms with van der Waals surface area (Å²) in [4.78, 5) is 8.98. The molecule has 0 bridgehead atoms. The Labute approximate surface area is 114 Å². The molecule has 0 aliphatic rings. The van der Waals surface area contributed by atoms with Gasteiger partial charge in [-0.3, -0.25) is 10.1 Å². The highest BCUT2D eigenvalue weighted by atomic mass is 32.2. The number of aliphatic hydroxyl groups excluding tert-OH is 2. The Morgan fingerprint density at radius 1 is 1.40 bits per heavy atom. The lowest BCUT2D eigenvalue weighted by Crippen LogP contribution is -2.51. The molecule has 0 saturated heterocycles. The zero-order chi connectivity index (χ0) is 15.6. The molecule has 1 rings (SSSR count). The molecule has 0 saturated carbocycles. The molecule has 0 heterocycles. The molecule has 0 radical (unpaired) electrons. The number of nitro benzene ring substituents is 1. The minimum atomic E-state index is -4.26. The van der Waals surface area contributed by atoms with Crippen molar-refractivity contribution in [3.05, 3.63) is 34.1 Å². The van der Waals surface area contributed by atoms with E-state index in [9.17, 15) is 22.9 Å². The predicted octanol–water partition coefficient (Wildman–Crippen LogP) is -0.244. The first kappa shape index (κ1) is 16.4. The summed E-state index contributed by atoms with van der Waals surface area (Å²) in [6.07, 6.45) is 0. The van der Waals surface area contributed by atoms with Crippen LogP contribution in [0.4, 0.5) is 10.1 Å². The Kier molecular flexibility index (Phi) is 4.76. The van der Waals surface area contributed by atoms with Gasteiger partial charge < -0.3 is 10.2 Å². The standard InChI is InChI=1S/C10H13FN2O6S/c1-10(5-14,6-15)12-20(18,19)7-2-3-8(11)9(4-7)13(16)17/h2-4,12,14-15H,5-6H2,1H3. The van der Waals surface area contributed by atoms with Gasteiger partial charge in [0.25, 0.3) is 0 Å². The number of nitrogens with zero attached hydrogens (tertiary/aromatic N) is 1. The van der Waals surface area contributed by atoms with Crippen molar-refractivity contribution in [2.75, 3.05) is 13.2 Å². The molecule has 1 aromatic carbocycles. The van der Waals surface area contributed by atoms with Crippen LogP contribution in [0.15, 0.2) is 23.1 Å². The van der Waals surface area contributed by atoms with Crippen LogP contribution < -0.4 is 4.72 Å². The predicted molar refractivity (Wildman–Crippen MR) is 66.0 cm³/mol. The van der Waals surface area contributed by atoms with Crippen molar-refractivity contribution in [3.63, 3.8) is 0 Å². The van der Waals surface area contributed by atoms with Crippen molar-refractivity contribution < 1.29 is 27.9 Å². The van der Waals surface area contributed by atoms with E-state index in [1.807, 2.05) is 4.72 Å². The maximum atomic E-state index is 13.1. The summed E-state index contributed by atoms with van der Waals surface area (Å²) in [5.41, 5.74) is -2.52. The minimum Gasteiger partial charge on any atom is -0.394 e.